The Balaban J connectivity index is 2.07. The number of carboxylic acids is 1. The number of carbonyl (C=O) groups is 2. The number of hydrogen-bond donors (Lipinski definition) is 2. The summed E-state index contributed by atoms with van der Waals surface area (Å²) >= 11 is 0. The van der Waals surface area contributed by atoms with E-state index in [4.69, 9.17) is 9.72 Å². The lowest BCUT2D eigenvalue weighted by Gasteiger charge is -2.23. The van der Waals surface area contributed by atoms with Crippen LogP contribution in [0, 0.1) is 13.8 Å². The maximum atomic E-state index is 12.2. The molecule has 0 saturated heterocycles. The molecule has 3 rings (SSSR count). The summed E-state index contributed by atoms with van der Waals surface area (Å²) in [5, 5.41) is 13.2. The molecule has 0 aliphatic rings. The number of nitrogens with one attached hydrogen (secondary N) is 1. The highest BCUT2D eigenvalue weighted by atomic mass is 16.6. The Morgan fingerprint density at radius 2 is 1.71 bits per heavy atom. The van der Waals surface area contributed by atoms with E-state index in [9.17, 15) is 14.7 Å². The van der Waals surface area contributed by atoms with Gasteiger partial charge in [-0.25, -0.2) is 14.6 Å². The number of aromatic nitrogens is 1. The maximum Gasteiger partial charge on any atom is 0.408 e. The van der Waals surface area contributed by atoms with Gasteiger partial charge in [0.25, 0.3) is 0 Å². The number of carboxylic acid groups (broad SMARTS) is 1. The zero-order valence-corrected chi connectivity index (χ0v) is 18.5. The van der Waals surface area contributed by atoms with Crippen LogP contribution in [0.4, 0.5) is 4.79 Å². The van der Waals surface area contributed by atoms with E-state index < -0.39 is 23.7 Å². The average Bonchev–Trinajstić information content (AvgIpc) is 2.66. The Kier molecular flexibility index (Phi) is 6.29. The minimum absolute atomic E-state index is 0.0789. The number of rotatable bonds is 5. The number of ether oxygens (including phenoxy) is 1. The fourth-order valence-corrected chi connectivity index (χ4v) is 3.59. The number of benzene rings is 2. The highest BCUT2D eigenvalue weighted by molar-refractivity contribution is 5.86. The zero-order valence-electron chi connectivity index (χ0n) is 18.5. The van der Waals surface area contributed by atoms with Crippen molar-refractivity contribution < 1.29 is 19.4 Å². The van der Waals surface area contributed by atoms with Crippen molar-refractivity contribution in [2.75, 3.05) is 0 Å². The van der Waals surface area contributed by atoms with Crippen LogP contribution in [0.3, 0.4) is 0 Å². The molecule has 1 amide bonds. The number of nitrogens with zero attached hydrogens (tertiary/aromatic N) is 1. The van der Waals surface area contributed by atoms with Crippen molar-refractivity contribution in [3.63, 3.8) is 0 Å². The van der Waals surface area contributed by atoms with Gasteiger partial charge in [0.2, 0.25) is 0 Å². The Bertz CT molecular complexity index is 1110. The minimum atomic E-state index is -1.15. The number of aliphatic carboxylic acids is 1. The van der Waals surface area contributed by atoms with Crippen LogP contribution < -0.4 is 5.32 Å². The Hall–Kier alpha value is -3.41. The zero-order chi connectivity index (χ0) is 22.8. The highest BCUT2D eigenvalue weighted by Crippen LogP contribution is 2.31. The van der Waals surface area contributed by atoms with E-state index in [1.807, 2.05) is 62.4 Å². The third-order valence-corrected chi connectivity index (χ3v) is 4.93. The summed E-state index contributed by atoms with van der Waals surface area (Å²) in [4.78, 5) is 29.1. The number of fused-ring (bicyclic) bond motifs is 1. The van der Waals surface area contributed by atoms with Crippen LogP contribution in [0.2, 0.25) is 0 Å². The number of pyridine rings is 1. The largest absolute Gasteiger partial charge is 0.480 e. The van der Waals surface area contributed by atoms with E-state index in [2.05, 4.69) is 5.32 Å². The molecule has 1 atom stereocenters. The quantitative estimate of drug-likeness (QED) is 0.604. The lowest BCUT2D eigenvalue weighted by atomic mass is 9.93. The highest BCUT2D eigenvalue weighted by Gasteiger charge is 2.26. The lowest BCUT2D eigenvalue weighted by molar-refractivity contribution is -0.139. The SMILES string of the molecule is Cc1cccc(C)c1-c1nc2ccccc2cc1C[C@H](NC(=O)OC(C)(C)C)C(=O)O. The second-order valence-electron chi connectivity index (χ2n) is 8.70. The Labute approximate surface area is 182 Å². The van der Waals surface area contributed by atoms with E-state index in [1.165, 1.54) is 0 Å². The molecule has 0 saturated carbocycles. The topological polar surface area (TPSA) is 88.5 Å². The molecule has 0 spiro atoms. The van der Waals surface area contributed by atoms with Gasteiger partial charge in [0.15, 0.2) is 0 Å². The van der Waals surface area contributed by atoms with Crippen molar-refractivity contribution >= 4 is 23.0 Å². The van der Waals surface area contributed by atoms with Crippen LogP contribution in [0.1, 0.15) is 37.5 Å². The molecule has 0 radical (unpaired) electrons. The second kappa shape index (κ2) is 8.76. The van der Waals surface area contributed by atoms with Crippen molar-refractivity contribution in [3.8, 4) is 11.3 Å². The smallest absolute Gasteiger partial charge is 0.408 e. The van der Waals surface area contributed by atoms with E-state index in [-0.39, 0.29) is 6.42 Å². The van der Waals surface area contributed by atoms with E-state index in [0.717, 1.165) is 38.9 Å². The Morgan fingerprint density at radius 3 is 2.32 bits per heavy atom. The van der Waals surface area contributed by atoms with Gasteiger partial charge in [0, 0.05) is 17.4 Å². The van der Waals surface area contributed by atoms with Gasteiger partial charge in [-0.05, 0) is 63.4 Å². The molecular weight excluding hydrogens is 392 g/mol. The Morgan fingerprint density at radius 1 is 1.06 bits per heavy atom. The summed E-state index contributed by atoms with van der Waals surface area (Å²) in [5.41, 5.74) is 4.67. The normalized spacial score (nSPS) is 12.4. The molecule has 3 aromatic rings. The molecule has 6 heteroatoms. The summed E-state index contributed by atoms with van der Waals surface area (Å²) in [6.07, 6.45) is -0.683. The minimum Gasteiger partial charge on any atom is -0.480 e. The predicted octanol–water partition coefficient (Wildman–Crippen LogP) is 5.04. The summed E-state index contributed by atoms with van der Waals surface area (Å²) < 4.78 is 5.25. The van der Waals surface area contributed by atoms with Crippen LogP contribution in [-0.4, -0.2) is 33.8 Å². The first kappa shape index (κ1) is 22.3. The van der Waals surface area contributed by atoms with Gasteiger partial charge < -0.3 is 15.2 Å². The molecule has 2 aromatic carbocycles. The van der Waals surface area contributed by atoms with E-state index >= 15 is 0 Å². The molecule has 0 bridgehead atoms. The van der Waals surface area contributed by atoms with Crippen LogP contribution in [0.25, 0.3) is 22.2 Å². The van der Waals surface area contributed by atoms with Gasteiger partial charge >= 0.3 is 12.1 Å². The monoisotopic (exact) mass is 420 g/mol. The summed E-state index contributed by atoms with van der Waals surface area (Å²) in [6.45, 7) is 9.21. The number of alkyl carbamates (subject to hydrolysis) is 1. The van der Waals surface area contributed by atoms with Gasteiger partial charge in [0.1, 0.15) is 11.6 Å². The van der Waals surface area contributed by atoms with Gasteiger partial charge in [-0.15, -0.1) is 0 Å². The number of para-hydroxylation sites is 1. The molecule has 162 valence electrons. The van der Waals surface area contributed by atoms with Crippen LogP contribution in [-0.2, 0) is 16.0 Å². The molecule has 31 heavy (non-hydrogen) atoms. The van der Waals surface area contributed by atoms with Gasteiger partial charge in [-0.2, -0.15) is 0 Å². The fourth-order valence-electron chi connectivity index (χ4n) is 3.59. The standard InChI is InChI=1S/C25H28N2O4/c1-15-9-8-10-16(2)21(15)22-18(13-17-11-6-7-12-19(17)26-22)14-20(23(28)29)27-24(30)31-25(3,4)5/h6-13,20H,14H2,1-5H3,(H,27,30)(H,28,29)/t20-/m0/s1. The average molecular weight is 421 g/mol. The van der Waals surface area contributed by atoms with Crippen LogP contribution in [0.15, 0.2) is 48.5 Å². The van der Waals surface area contributed by atoms with Crippen LogP contribution >= 0.6 is 0 Å². The third kappa shape index (κ3) is 5.40. The summed E-state index contributed by atoms with van der Waals surface area (Å²) in [6, 6.07) is 14.5. The number of hydrogen-bond acceptors (Lipinski definition) is 4. The first-order valence-corrected chi connectivity index (χ1v) is 10.2. The lowest BCUT2D eigenvalue weighted by Crippen LogP contribution is -2.44. The van der Waals surface area contributed by atoms with E-state index in [0.29, 0.717) is 0 Å². The summed E-state index contributed by atoms with van der Waals surface area (Å²) in [7, 11) is 0. The van der Waals surface area contributed by atoms with E-state index in [1.54, 1.807) is 20.8 Å². The van der Waals surface area contributed by atoms with Crippen molar-refractivity contribution in [2.24, 2.45) is 0 Å². The molecule has 1 heterocycles. The number of carbonyl (C=O) groups excluding carboxylic acids is 1. The van der Waals surface area contributed by atoms with Gasteiger partial charge in [0.05, 0.1) is 11.2 Å². The van der Waals surface area contributed by atoms with Gasteiger partial charge in [-0.3, -0.25) is 0 Å². The molecule has 0 unspecified atom stereocenters. The molecule has 0 aliphatic carbocycles. The van der Waals surface area contributed by atoms with Crippen LogP contribution in [0.5, 0.6) is 0 Å². The maximum absolute atomic E-state index is 12.2. The van der Waals surface area contributed by atoms with Gasteiger partial charge in [-0.1, -0.05) is 36.4 Å². The first-order chi connectivity index (χ1) is 14.5. The predicted molar refractivity (Wildman–Crippen MR) is 121 cm³/mol. The fraction of sp³-hybridized carbons (Fsp3) is 0.320. The van der Waals surface area contributed by atoms with Crippen molar-refractivity contribution in [3.05, 3.63) is 65.2 Å². The van der Waals surface area contributed by atoms with Crippen molar-refractivity contribution in [2.45, 2.75) is 52.7 Å². The van der Waals surface area contributed by atoms with Crippen molar-refractivity contribution in [1.82, 2.24) is 10.3 Å². The molecule has 0 fully saturated rings. The third-order valence-electron chi connectivity index (χ3n) is 4.93. The van der Waals surface area contributed by atoms with Crippen molar-refractivity contribution in [1.29, 1.82) is 0 Å². The number of aryl methyl sites for hydroxylation is 2. The first-order valence-electron chi connectivity index (χ1n) is 10.2. The molecular formula is C25H28N2O4. The molecule has 6 nitrogen and oxygen atoms in total. The molecule has 0 aliphatic heterocycles. The summed E-state index contributed by atoms with van der Waals surface area (Å²) in [5.74, 6) is -1.13. The molecule has 2 N–H and O–H groups in total. The number of amides is 1. The molecule has 1 aromatic heterocycles. The second-order valence-corrected chi connectivity index (χ2v) is 8.70.